The second-order valence-electron chi connectivity index (χ2n) is 9.45. The number of hydrogen-bond acceptors (Lipinski definition) is 6. The zero-order valence-electron chi connectivity index (χ0n) is 22.0. The molecule has 1 amide bonds. The number of nitrogens with zero attached hydrogens (tertiary/aromatic N) is 2. The number of aliphatic hydroxyl groups excluding tert-OH is 1. The monoisotopic (exact) mass is 627 g/mol. The smallest absolute Gasteiger partial charge is 0.394 e. The number of hydrogen-bond donors (Lipinski definition) is 4. The van der Waals surface area contributed by atoms with Crippen LogP contribution in [0.3, 0.4) is 0 Å². The van der Waals surface area contributed by atoms with Crippen molar-refractivity contribution in [3.05, 3.63) is 93.9 Å². The minimum atomic E-state index is -4.73. The highest BCUT2D eigenvalue weighted by Crippen LogP contribution is 2.36. The maximum absolute atomic E-state index is 13.9. The minimum Gasteiger partial charge on any atom is -0.394 e. The number of aliphatic hydroxyl groups is 3. The number of fused-ring (bicyclic) bond motifs is 1. The topological polar surface area (TPSA) is 125 Å². The molecule has 0 fully saturated rings. The number of pyridine rings is 1. The van der Waals surface area contributed by atoms with Gasteiger partial charge in [-0.25, -0.2) is 0 Å². The van der Waals surface area contributed by atoms with Crippen LogP contribution in [0.25, 0.3) is 10.9 Å². The normalized spacial score (nSPS) is 13.7. The van der Waals surface area contributed by atoms with E-state index in [1.807, 2.05) is 0 Å². The molecule has 2 atom stereocenters. The van der Waals surface area contributed by atoms with Crippen LogP contribution in [0.15, 0.2) is 65.7 Å². The number of rotatable bonds is 10. The molecular formula is C28H26ClF4N3O5S. The van der Waals surface area contributed by atoms with Gasteiger partial charge in [0.2, 0.25) is 0 Å². The number of carbonyl (C=O) groups is 1. The van der Waals surface area contributed by atoms with Crippen molar-refractivity contribution < 1.29 is 41.9 Å². The fraction of sp³-hybridized carbons (Fsp3) is 0.286. The summed E-state index contributed by atoms with van der Waals surface area (Å²) in [7, 11) is -1.23. The van der Waals surface area contributed by atoms with E-state index in [9.17, 15) is 41.9 Å². The molecule has 0 aliphatic carbocycles. The van der Waals surface area contributed by atoms with Gasteiger partial charge in [-0.2, -0.15) is 17.6 Å². The molecule has 0 aliphatic heterocycles. The van der Waals surface area contributed by atoms with Gasteiger partial charge in [0.1, 0.15) is 6.54 Å². The van der Waals surface area contributed by atoms with Crippen LogP contribution in [0.1, 0.15) is 45.8 Å². The van der Waals surface area contributed by atoms with Crippen molar-refractivity contribution in [3.63, 3.8) is 0 Å². The lowest BCUT2D eigenvalue weighted by Crippen LogP contribution is -2.31. The Kier molecular flexibility index (Phi) is 9.38. The second-order valence-corrected chi connectivity index (χ2v) is 11.6. The number of halogens is 5. The molecule has 0 radical (unpaired) electrons. The summed E-state index contributed by atoms with van der Waals surface area (Å²) in [5.41, 5.74) is -0.400. The van der Waals surface area contributed by atoms with Crippen LogP contribution in [0.5, 0.6) is 0 Å². The third-order valence-corrected chi connectivity index (χ3v) is 8.01. The van der Waals surface area contributed by atoms with Gasteiger partial charge in [-0.3, -0.25) is 14.0 Å². The van der Waals surface area contributed by atoms with E-state index in [2.05, 4.69) is 10.3 Å². The molecule has 2 heterocycles. The molecular weight excluding hydrogens is 602 g/mol. The number of aromatic nitrogens is 2. The first-order chi connectivity index (χ1) is 19.7. The van der Waals surface area contributed by atoms with Crippen LogP contribution in [-0.2, 0) is 29.9 Å². The van der Waals surface area contributed by atoms with E-state index in [-0.39, 0.29) is 33.8 Å². The van der Waals surface area contributed by atoms with Crippen LogP contribution in [0.2, 0.25) is 5.02 Å². The third kappa shape index (κ3) is 7.34. The van der Waals surface area contributed by atoms with Crippen molar-refractivity contribution in [2.24, 2.45) is 0 Å². The maximum Gasteiger partial charge on any atom is 0.416 e. The Morgan fingerprint density at radius 2 is 1.83 bits per heavy atom. The third-order valence-electron chi connectivity index (χ3n) is 6.49. The van der Waals surface area contributed by atoms with Gasteiger partial charge in [-0.1, -0.05) is 24.6 Å². The van der Waals surface area contributed by atoms with Crippen molar-refractivity contribution in [3.8, 4) is 0 Å². The number of nitrogens with one attached hydrogen (secondary N) is 1. The van der Waals surface area contributed by atoms with Crippen molar-refractivity contribution >= 4 is 39.2 Å². The van der Waals surface area contributed by atoms with Crippen molar-refractivity contribution in [2.75, 3.05) is 12.4 Å². The lowest BCUT2D eigenvalue weighted by Gasteiger charge is -2.18. The van der Waals surface area contributed by atoms with E-state index in [0.29, 0.717) is 21.7 Å². The molecule has 4 rings (SSSR count). The highest BCUT2D eigenvalue weighted by atomic mass is 35.5. The Bertz CT molecular complexity index is 1620. The summed E-state index contributed by atoms with van der Waals surface area (Å²) >= 11 is 5.78. The summed E-state index contributed by atoms with van der Waals surface area (Å²) in [5.74, 6) is -0.214. The zero-order valence-corrected chi connectivity index (χ0v) is 23.6. The van der Waals surface area contributed by atoms with E-state index in [4.69, 9.17) is 11.6 Å². The van der Waals surface area contributed by atoms with Gasteiger partial charge >= 0.3 is 12.2 Å². The van der Waals surface area contributed by atoms with Gasteiger partial charge in [0.15, 0.2) is 0 Å². The molecule has 8 nitrogen and oxygen atoms in total. The molecule has 0 aliphatic rings. The quantitative estimate of drug-likeness (QED) is 0.152. The van der Waals surface area contributed by atoms with Crippen LogP contribution < -0.4 is 5.32 Å². The predicted octanol–water partition coefficient (Wildman–Crippen LogP) is 4.50. The maximum atomic E-state index is 13.9. The highest BCUT2D eigenvalue weighted by molar-refractivity contribution is 7.85. The largest absolute Gasteiger partial charge is 0.416 e. The highest BCUT2D eigenvalue weighted by Gasteiger charge is 2.34. The van der Waals surface area contributed by atoms with Crippen molar-refractivity contribution in [2.45, 2.75) is 43.0 Å². The first-order valence-corrected chi connectivity index (χ1v) is 14.3. The standard InChI is InChI=1S/C28H26ClF4N3O5S/c1-2-42(41)21-6-7-23(34-13-21)24(14-37)35-26(38)17-4-8-25-18(9-17)11-20(36(25)15-27(30,39)40)10-16-3-5-19(29)12-22(16)28(31,32)33/h3-9,11-13,24,37,39-40H,2,10,14-15H2,1H3,(H,35,38). The van der Waals surface area contributed by atoms with E-state index < -0.39 is 53.7 Å². The first-order valence-electron chi connectivity index (χ1n) is 12.6. The fourth-order valence-electron chi connectivity index (χ4n) is 4.52. The Hall–Kier alpha value is -3.36. The van der Waals surface area contributed by atoms with Crippen LogP contribution in [0, 0.1) is 0 Å². The molecule has 2 aromatic carbocycles. The van der Waals surface area contributed by atoms with Crippen molar-refractivity contribution in [1.29, 1.82) is 0 Å². The van der Waals surface area contributed by atoms with Gasteiger partial charge in [0.25, 0.3) is 5.91 Å². The molecule has 0 saturated carbocycles. The Morgan fingerprint density at radius 1 is 1.10 bits per heavy atom. The number of amides is 1. The lowest BCUT2D eigenvalue weighted by atomic mass is 10.0. The van der Waals surface area contributed by atoms with E-state index in [1.165, 1.54) is 42.6 Å². The molecule has 4 N–H and O–H groups in total. The molecule has 2 unspecified atom stereocenters. The van der Waals surface area contributed by atoms with Crippen molar-refractivity contribution in [1.82, 2.24) is 14.9 Å². The molecule has 0 bridgehead atoms. The molecule has 0 saturated heterocycles. The first kappa shape index (κ1) is 31.6. The molecule has 4 aromatic rings. The van der Waals surface area contributed by atoms with Gasteiger partial charge < -0.3 is 25.2 Å². The van der Waals surface area contributed by atoms with Crippen LogP contribution >= 0.6 is 11.6 Å². The number of alkyl halides is 4. The summed E-state index contributed by atoms with van der Waals surface area (Å²) < 4.78 is 68.1. The van der Waals surface area contributed by atoms with Gasteiger partial charge in [-0.15, -0.1) is 0 Å². The lowest BCUT2D eigenvalue weighted by molar-refractivity contribution is -0.266. The van der Waals surface area contributed by atoms with E-state index in [1.54, 1.807) is 19.1 Å². The van der Waals surface area contributed by atoms with Gasteiger partial charge in [0, 0.05) is 45.6 Å². The van der Waals surface area contributed by atoms with Crippen LogP contribution in [-0.4, -0.2) is 53.4 Å². The Morgan fingerprint density at radius 3 is 2.43 bits per heavy atom. The predicted molar refractivity (Wildman–Crippen MR) is 148 cm³/mol. The average Bonchev–Trinajstić information content (AvgIpc) is 3.26. The molecule has 224 valence electrons. The number of carbonyl (C=O) groups excluding carboxylic acids is 1. The van der Waals surface area contributed by atoms with Crippen LogP contribution in [0.4, 0.5) is 17.6 Å². The molecule has 0 spiro atoms. The minimum absolute atomic E-state index is 0.107. The molecule has 42 heavy (non-hydrogen) atoms. The fourth-order valence-corrected chi connectivity index (χ4v) is 5.41. The summed E-state index contributed by atoms with van der Waals surface area (Å²) in [6, 6.07) is 7.37. The SMILES string of the molecule is CCS(=O)c1ccc(C(CO)NC(=O)c2ccc3c(c2)cc(Cc2ccc(Cl)cc2C(F)(F)F)n3CC(O)(O)F)nc1. The second kappa shape index (κ2) is 12.5. The molecule has 2 aromatic heterocycles. The summed E-state index contributed by atoms with van der Waals surface area (Å²) in [6.45, 7) is 0.253. The number of benzene rings is 2. The van der Waals surface area contributed by atoms with E-state index in [0.717, 1.165) is 10.6 Å². The summed E-state index contributed by atoms with van der Waals surface area (Å²) in [4.78, 5) is 17.8. The van der Waals surface area contributed by atoms with E-state index >= 15 is 0 Å². The summed E-state index contributed by atoms with van der Waals surface area (Å²) in [6.07, 6.45) is -3.70. The Labute approximate surface area is 245 Å². The van der Waals surface area contributed by atoms with Gasteiger partial charge in [0.05, 0.1) is 39.6 Å². The Balaban J connectivity index is 1.67. The average molecular weight is 628 g/mol. The summed E-state index contributed by atoms with van der Waals surface area (Å²) in [5, 5.41) is 31.6. The zero-order chi connectivity index (χ0) is 30.8. The van der Waals surface area contributed by atoms with Gasteiger partial charge in [-0.05, 0) is 54.1 Å². The molecule has 14 heteroatoms.